The van der Waals surface area contributed by atoms with E-state index in [9.17, 15) is 21.6 Å². The first-order chi connectivity index (χ1) is 7.33. The van der Waals surface area contributed by atoms with Gasteiger partial charge in [-0.3, -0.25) is 4.79 Å². The molecule has 0 saturated carbocycles. The minimum Gasteiger partial charge on any atom is -0.480 e. The smallest absolute Gasteiger partial charge is 0.320 e. The lowest BCUT2D eigenvalue weighted by atomic mass is 10.1. The van der Waals surface area contributed by atoms with Gasteiger partial charge < -0.3 is 5.11 Å². The quantitative estimate of drug-likeness (QED) is 0.513. The molecule has 0 atom stereocenters. The third-order valence-electron chi connectivity index (χ3n) is 1.51. The van der Waals surface area contributed by atoms with Crippen LogP contribution in [0.3, 0.4) is 0 Å². The van der Waals surface area contributed by atoms with E-state index in [4.69, 9.17) is 5.11 Å². The second-order valence-corrected chi connectivity index (χ2v) is 7.79. The van der Waals surface area contributed by atoms with E-state index in [1.54, 1.807) is 0 Å². The van der Waals surface area contributed by atoms with E-state index in [2.05, 4.69) is 4.72 Å². The highest BCUT2D eigenvalue weighted by Gasteiger charge is 2.25. The van der Waals surface area contributed by atoms with Gasteiger partial charge in [0.05, 0.1) is 6.26 Å². The van der Waals surface area contributed by atoms with Crippen LogP contribution in [0.15, 0.2) is 0 Å². The van der Waals surface area contributed by atoms with E-state index in [1.807, 2.05) is 4.72 Å². The van der Waals surface area contributed by atoms with Crippen LogP contribution >= 0.6 is 0 Å². The van der Waals surface area contributed by atoms with Crippen molar-refractivity contribution in [1.82, 2.24) is 9.44 Å². The molecule has 3 N–H and O–H groups in total. The van der Waals surface area contributed by atoms with Crippen LogP contribution in [-0.2, 0) is 24.8 Å². The highest BCUT2D eigenvalue weighted by atomic mass is 32.2. The van der Waals surface area contributed by atoms with Crippen molar-refractivity contribution in [2.45, 2.75) is 19.4 Å². The van der Waals surface area contributed by atoms with Crippen LogP contribution in [0.2, 0.25) is 0 Å². The average Bonchev–Trinajstić information content (AvgIpc) is 1.94. The predicted molar refractivity (Wildman–Crippen MR) is 61.5 cm³/mol. The molecule has 0 aliphatic heterocycles. The van der Waals surface area contributed by atoms with Crippen LogP contribution in [0.4, 0.5) is 0 Å². The fraction of sp³-hybridized carbons (Fsp3) is 0.857. The Hall–Kier alpha value is -0.710. The number of rotatable bonds is 7. The van der Waals surface area contributed by atoms with E-state index < -0.39 is 37.3 Å². The molecule has 0 heterocycles. The molecule has 0 aromatic rings. The summed E-state index contributed by atoms with van der Waals surface area (Å²) in [5, 5.41) is 8.33. The first-order valence-corrected chi connectivity index (χ1v) is 8.05. The number of carboxylic acids is 1. The van der Waals surface area contributed by atoms with E-state index in [0.29, 0.717) is 0 Å². The maximum Gasteiger partial charge on any atom is 0.320 e. The predicted octanol–water partition coefficient (Wildman–Crippen LogP) is -1.68. The second-order valence-electron chi connectivity index (χ2n) is 4.23. The fourth-order valence-corrected chi connectivity index (χ4v) is 3.13. The van der Waals surface area contributed by atoms with E-state index >= 15 is 0 Å². The third kappa shape index (κ3) is 9.03. The minimum absolute atomic E-state index is 0.240. The summed E-state index contributed by atoms with van der Waals surface area (Å²) in [6, 6.07) is 0. The summed E-state index contributed by atoms with van der Waals surface area (Å²) < 4.78 is 48.5. The Morgan fingerprint density at radius 3 is 2.06 bits per heavy atom. The van der Waals surface area contributed by atoms with Gasteiger partial charge in [0.25, 0.3) is 0 Å². The fourth-order valence-electron chi connectivity index (χ4n) is 1.04. The van der Waals surface area contributed by atoms with Gasteiger partial charge in [0, 0.05) is 12.1 Å². The van der Waals surface area contributed by atoms with Gasteiger partial charge in [-0.15, -0.1) is 0 Å². The van der Waals surface area contributed by atoms with Crippen molar-refractivity contribution in [1.29, 1.82) is 0 Å². The molecule has 0 amide bonds. The Morgan fingerprint density at radius 2 is 1.71 bits per heavy atom. The molecular formula is C7H16N2O6S2. The highest BCUT2D eigenvalue weighted by Crippen LogP contribution is 2.02. The van der Waals surface area contributed by atoms with Crippen molar-refractivity contribution >= 4 is 26.0 Å². The van der Waals surface area contributed by atoms with Crippen LogP contribution in [0, 0.1) is 0 Å². The Bertz CT molecular complexity index is 478. The molecule has 17 heavy (non-hydrogen) atoms. The molecule has 0 aromatic heterocycles. The molecule has 0 aromatic carbocycles. The largest absolute Gasteiger partial charge is 0.480 e. The number of aliphatic carboxylic acids is 1. The standard InChI is InChI=1S/C7H16N2O6S2/c1-7(2,9-16(3,12)13)5-8-17(14,15)4-6(10)11/h8-9H,4-5H2,1-3H3,(H,10,11). The summed E-state index contributed by atoms with van der Waals surface area (Å²) in [5.41, 5.74) is -1.04. The topological polar surface area (TPSA) is 130 Å². The van der Waals surface area contributed by atoms with Crippen molar-refractivity contribution in [3.8, 4) is 0 Å². The first kappa shape index (κ1) is 16.3. The SMILES string of the molecule is CC(C)(CNS(=O)(=O)CC(=O)O)NS(C)(=O)=O. The number of hydrogen-bond donors (Lipinski definition) is 3. The third-order valence-corrected chi connectivity index (χ3v) is 3.64. The molecule has 102 valence electrons. The lowest BCUT2D eigenvalue weighted by Crippen LogP contribution is -2.51. The zero-order valence-corrected chi connectivity index (χ0v) is 11.4. The molecule has 0 rings (SSSR count). The number of nitrogens with one attached hydrogen (secondary N) is 2. The lowest BCUT2D eigenvalue weighted by molar-refractivity contribution is -0.134. The van der Waals surface area contributed by atoms with Crippen molar-refractivity contribution in [3.05, 3.63) is 0 Å². The zero-order chi connectivity index (χ0) is 13.9. The van der Waals surface area contributed by atoms with Crippen LogP contribution in [-0.4, -0.2) is 52.0 Å². The van der Waals surface area contributed by atoms with Crippen LogP contribution in [0.5, 0.6) is 0 Å². The number of carbonyl (C=O) groups is 1. The van der Waals surface area contributed by atoms with Crippen LogP contribution < -0.4 is 9.44 Å². The molecule has 0 bridgehead atoms. The minimum atomic E-state index is -3.95. The number of hydrogen-bond acceptors (Lipinski definition) is 5. The summed E-state index contributed by atoms with van der Waals surface area (Å²) >= 11 is 0. The second kappa shape index (κ2) is 5.29. The van der Waals surface area contributed by atoms with E-state index in [1.165, 1.54) is 13.8 Å². The molecule has 0 saturated heterocycles. The van der Waals surface area contributed by atoms with Crippen LogP contribution in [0.1, 0.15) is 13.8 Å². The Labute approximate surface area is 101 Å². The van der Waals surface area contributed by atoms with Gasteiger partial charge in [-0.2, -0.15) is 0 Å². The lowest BCUT2D eigenvalue weighted by Gasteiger charge is -2.24. The molecule has 0 unspecified atom stereocenters. The van der Waals surface area contributed by atoms with E-state index in [-0.39, 0.29) is 6.54 Å². The van der Waals surface area contributed by atoms with E-state index in [0.717, 1.165) is 6.26 Å². The Balaban J connectivity index is 4.52. The summed E-state index contributed by atoms with van der Waals surface area (Å²) in [6.45, 7) is 2.70. The van der Waals surface area contributed by atoms with Gasteiger partial charge in [-0.25, -0.2) is 26.3 Å². The molecule has 0 fully saturated rings. The summed E-state index contributed by atoms with van der Waals surface area (Å²) in [6.07, 6.45) is 0.945. The maximum absolute atomic E-state index is 11.2. The molecule has 0 aliphatic rings. The molecule has 8 nitrogen and oxygen atoms in total. The van der Waals surface area contributed by atoms with Gasteiger partial charge in [-0.05, 0) is 13.8 Å². The number of sulfonamides is 2. The first-order valence-electron chi connectivity index (χ1n) is 4.51. The molecule has 0 aliphatic carbocycles. The monoisotopic (exact) mass is 288 g/mol. The Kier molecular flexibility index (Phi) is 5.07. The summed E-state index contributed by atoms with van der Waals surface area (Å²) in [4.78, 5) is 10.2. The van der Waals surface area contributed by atoms with Gasteiger partial charge in [0.1, 0.15) is 0 Å². The van der Waals surface area contributed by atoms with Crippen LogP contribution in [0.25, 0.3) is 0 Å². The van der Waals surface area contributed by atoms with Crippen molar-refractivity contribution in [2.24, 2.45) is 0 Å². The molecular weight excluding hydrogens is 272 g/mol. The molecule has 0 radical (unpaired) electrons. The van der Waals surface area contributed by atoms with Gasteiger partial charge in [-0.1, -0.05) is 0 Å². The van der Waals surface area contributed by atoms with Gasteiger partial charge in [0.15, 0.2) is 5.75 Å². The maximum atomic E-state index is 11.2. The highest BCUT2D eigenvalue weighted by molar-refractivity contribution is 7.90. The Morgan fingerprint density at radius 1 is 1.24 bits per heavy atom. The summed E-state index contributed by atoms with van der Waals surface area (Å²) in [5.74, 6) is -2.53. The average molecular weight is 288 g/mol. The number of carboxylic acid groups (broad SMARTS) is 1. The summed E-state index contributed by atoms with van der Waals surface area (Å²) in [7, 11) is -7.43. The normalized spacial score (nSPS) is 13.6. The molecule has 0 spiro atoms. The van der Waals surface area contributed by atoms with Crippen molar-refractivity contribution in [2.75, 3.05) is 18.6 Å². The van der Waals surface area contributed by atoms with Crippen molar-refractivity contribution < 1.29 is 26.7 Å². The molecule has 10 heteroatoms. The zero-order valence-electron chi connectivity index (χ0n) is 9.72. The van der Waals surface area contributed by atoms with Gasteiger partial charge in [0.2, 0.25) is 20.0 Å². The van der Waals surface area contributed by atoms with Gasteiger partial charge >= 0.3 is 5.97 Å². The van der Waals surface area contributed by atoms with Crippen molar-refractivity contribution in [3.63, 3.8) is 0 Å².